The van der Waals surface area contributed by atoms with Crippen molar-refractivity contribution in [2.45, 2.75) is 0 Å². The number of rotatable bonds is 9. The van der Waals surface area contributed by atoms with E-state index in [1.807, 2.05) is 0 Å². The van der Waals surface area contributed by atoms with E-state index in [1.54, 1.807) is 0 Å². The quantitative estimate of drug-likeness (QED) is 0.133. The summed E-state index contributed by atoms with van der Waals surface area (Å²) in [6.45, 7) is -0.514. The summed E-state index contributed by atoms with van der Waals surface area (Å²) in [6, 6.07) is 103. The Balaban J connectivity index is 1.01. The van der Waals surface area contributed by atoms with Crippen molar-refractivity contribution in [1.82, 2.24) is 0 Å². The molecule has 17 rings (SSSR count). The Kier molecular flexibility index (Phi) is 10.1. The molecule has 378 valence electrons. The van der Waals surface area contributed by atoms with Gasteiger partial charge in [-0.1, -0.05) is 146 Å². The van der Waals surface area contributed by atoms with Crippen LogP contribution in [0.2, 0.25) is 0 Å². The molecule has 0 saturated heterocycles. The van der Waals surface area contributed by atoms with Crippen LogP contribution in [0.25, 0.3) is 0 Å². The second-order valence-corrected chi connectivity index (χ2v) is 21.2. The van der Waals surface area contributed by atoms with Gasteiger partial charge in [-0.2, -0.15) is 0 Å². The van der Waals surface area contributed by atoms with Gasteiger partial charge in [0.2, 0.25) is 0 Å². The molecule has 0 N–H and O–H groups in total. The van der Waals surface area contributed by atoms with E-state index in [4.69, 9.17) is 9.47 Å². The van der Waals surface area contributed by atoms with Crippen LogP contribution in [-0.4, -0.2) is 13.4 Å². The topological polar surface area (TPSA) is 34.7 Å². The lowest BCUT2D eigenvalue weighted by molar-refractivity contribution is 0.468. The molecule has 0 atom stereocenters. The predicted molar refractivity (Wildman–Crippen MR) is 336 cm³/mol. The van der Waals surface area contributed by atoms with Crippen LogP contribution in [0.5, 0.6) is 23.0 Å². The van der Waals surface area contributed by atoms with Crippen LogP contribution in [0, 0.1) is 0 Å². The van der Waals surface area contributed by atoms with Crippen LogP contribution in [0.4, 0.5) is 85.3 Å². The number of anilines is 15. The molecule has 0 aliphatic carbocycles. The summed E-state index contributed by atoms with van der Waals surface area (Å²) in [7, 11) is 0. The summed E-state index contributed by atoms with van der Waals surface area (Å²) < 4.78 is 15.0. The van der Waals surface area contributed by atoms with Crippen LogP contribution >= 0.6 is 0 Å². The van der Waals surface area contributed by atoms with Gasteiger partial charge >= 0.3 is 0 Å². The van der Waals surface area contributed by atoms with Crippen molar-refractivity contribution in [1.29, 1.82) is 0 Å². The van der Waals surface area contributed by atoms with Crippen molar-refractivity contribution in [2.24, 2.45) is 0 Å². The average molecular weight is 1040 g/mol. The largest absolute Gasteiger partial charge is 0.458 e. The zero-order chi connectivity index (χ0) is 53.1. The van der Waals surface area contributed by atoms with E-state index in [9.17, 15) is 0 Å². The first-order valence-corrected chi connectivity index (χ1v) is 27.7. The van der Waals surface area contributed by atoms with Crippen LogP contribution in [0.15, 0.2) is 285 Å². The highest BCUT2D eigenvalue weighted by molar-refractivity contribution is 7.03. The Morgan fingerprint density at radius 3 is 1.01 bits per heavy atom. The van der Waals surface area contributed by atoms with Gasteiger partial charge < -0.3 is 34.0 Å². The fraction of sp³-hybridized carbons (Fsp3) is 0. The minimum Gasteiger partial charge on any atom is -0.458 e. The third-order valence-corrected chi connectivity index (χ3v) is 16.8. The van der Waals surface area contributed by atoms with E-state index in [2.05, 4.69) is 310 Å². The van der Waals surface area contributed by atoms with Gasteiger partial charge in [-0.15, -0.1) is 0 Å². The van der Waals surface area contributed by atoms with E-state index in [-0.39, 0.29) is 13.4 Å². The lowest BCUT2D eigenvalue weighted by atomic mass is 9.30. The Bertz CT molecular complexity index is 4370. The maximum atomic E-state index is 7.66. The van der Waals surface area contributed by atoms with Crippen molar-refractivity contribution in [2.75, 3.05) is 24.5 Å². The smallest absolute Gasteiger partial charge is 0.261 e. The Labute approximate surface area is 471 Å². The summed E-state index contributed by atoms with van der Waals surface area (Å²) in [5.41, 5.74) is 22.6. The molecule has 0 unspecified atom stereocenters. The average Bonchev–Trinajstić information content (AvgIpc) is 3.66. The standard InChI is InChI=1S/C72H47B2N5O2/c1-8-24-48(25-9-1)75(49-26-10-2-11-27-49)55-42-62-69-63(43-55)78(53-34-18-6-19-35-53)60-47-61-58-46-57(60)73(69)70-59(77(62)52-32-16-5-17-33-52)38-22-39-65(70)80-66-40-23-41-67-72(66)74(58)71-64(79(61)54-36-20-7-21-37-54)44-56(45-68(71)81-67)76(50-28-12-3-13-29-50)51-30-14-4-15-31-51/h1-47H. The Hall–Kier alpha value is -10.6. The third-order valence-electron chi connectivity index (χ3n) is 16.8. The van der Waals surface area contributed by atoms with Crippen LogP contribution in [0.1, 0.15) is 0 Å². The number of nitrogens with zero attached hydrogens (tertiary/aromatic N) is 5. The molecule has 0 fully saturated rings. The number of hydrogen-bond donors (Lipinski definition) is 0. The third kappa shape index (κ3) is 6.92. The predicted octanol–water partition coefficient (Wildman–Crippen LogP) is 15.2. The molecule has 0 radical (unpaired) electrons. The van der Waals surface area contributed by atoms with Gasteiger partial charge in [0.25, 0.3) is 13.4 Å². The van der Waals surface area contributed by atoms with Gasteiger partial charge in [0.05, 0.1) is 11.4 Å². The molecule has 5 aliphatic rings. The van der Waals surface area contributed by atoms with E-state index in [0.29, 0.717) is 0 Å². The van der Waals surface area contributed by atoms with E-state index in [0.717, 1.165) is 125 Å². The molecule has 81 heavy (non-hydrogen) atoms. The number of hydrogen-bond acceptors (Lipinski definition) is 7. The second kappa shape index (κ2) is 18.0. The molecular weight excluding hydrogens is 988 g/mol. The van der Waals surface area contributed by atoms with Crippen LogP contribution in [-0.2, 0) is 0 Å². The van der Waals surface area contributed by atoms with Crippen molar-refractivity contribution in [3.05, 3.63) is 285 Å². The molecule has 0 amide bonds. The first kappa shape index (κ1) is 45.4. The van der Waals surface area contributed by atoms with Gasteiger partial charge in [-0.3, -0.25) is 0 Å². The summed E-state index contributed by atoms with van der Waals surface area (Å²) in [5.74, 6) is 3.15. The van der Waals surface area contributed by atoms with Crippen molar-refractivity contribution in [3.63, 3.8) is 0 Å². The minimum atomic E-state index is -0.265. The van der Waals surface area contributed by atoms with Crippen LogP contribution in [0.3, 0.4) is 0 Å². The molecule has 12 aromatic carbocycles. The summed E-state index contributed by atoms with van der Waals surface area (Å²) in [5, 5.41) is 0. The first-order chi connectivity index (χ1) is 40.2. The molecule has 2 bridgehead atoms. The first-order valence-electron chi connectivity index (χ1n) is 27.7. The van der Waals surface area contributed by atoms with Gasteiger partial charge in [-0.05, 0) is 161 Å². The fourth-order valence-electron chi connectivity index (χ4n) is 13.5. The molecule has 5 aliphatic heterocycles. The van der Waals surface area contributed by atoms with Crippen LogP contribution < -0.4 is 66.8 Å². The molecule has 9 heteroatoms. The van der Waals surface area contributed by atoms with Crippen molar-refractivity contribution < 1.29 is 9.47 Å². The molecular formula is C72H47B2N5O2. The summed E-state index contributed by atoms with van der Waals surface area (Å²) >= 11 is 0. The summed E-state index contributed by atoms with van der Waals surface area (Å²) in [4.78, 5) is 12.2. The van der Waals surface area contributed by atoms with Gasteiger partial charge in [-0.25, -0.2) is 0 Å². The number of benzene rings is 12. The molecule has 5 heterocycles. The molecule has 12 aromatic rings. The van der Waals surface area contributed by atoms with Gasteiger partial charge in [0, 0.05) is 85.5 Å². The molecule has 7 nitrogen and oxygen atoms in total. The molecule has 0 spiro atoms. The highest BCUT2D eigenvalue weighted by Crippen LogP contribution is 2.52. The van der Waals surface area contributed by atoms with Crippen molar-refractivity contribution in [3.8, 4) is 23.0 Å². The van der Waals surface area contributed by atoms with E-state index in [1.165, 1.54) is 16.4 Å². The van der Waals surface area contributed by atoms with Crippen molar-refractivity contribution >= 4 is 132 Å². The van der Waals surface area contributed by atoms with Gasteiger partial charge in [0.15, 0.2) is 0 Å². The number of ether oxygens (including phenoxy) is 2. The molecule has 0 aromatic heterocycles. The Morgan fingerprint density at radius 1 is 0.235 bits per heavy atom. The van der Waals surface area contributed by atoms with E-state index < -0.39 is 0 Å². The molecule has 0 saturated carbocycles. The SMILES string of the molecule is c1ccc(N(c2ccccc2)c2cc3c4c(c2)N(c2ccccc2)c2cc5c6cc2B4c2c(cccc2Oc2cccc4c2B6c2c(cc(N(c6ccccc6)c6ccccc6)cc2N4c2ccccc2)N5c2ccccc2)O3)cc1. The zero-order valence-electron chi connectivity index (χ0n) is 43.8. The normalized spacial score (nSPS) is 13.3. The highest BCUT2D eigenvalue weighted by atomic mass is 16.5. The number of para-hydroxylation sites is 7. The maximum Gasteiger partial charge on any atom is 0.261 e. The monoisotopic (exact) mass is 1040 g/mol. The highest BCUT2D eigenvalue weighted by Gasteiger charge is 2.50. The maximum absolute atomic E-state index is 7.66. The fourth-order valence-corrected chi connectivity index (χ4v) is 13.5. The second-order valence-electron chi connectivity index (χ2n) is 21.2. The lowest BCUT2D eigenvalue weighted by Crippen LogP contribution is -2.65. The zero-order valence-corrected chi connectivity index (χ0v) is 43.8. The summed E-state index contributed by atoms with van der Waals surface area (Å²) in [6.07, 6.45) is 0. The van der Waals surface area contributed by atoms with E-state index >= 15 is 0 Å². The lowest BCUT2D eigenvalue weighted by Gasteiger charge is -2.47. The minimum absolute atomic E-state index is 0.249. The van der Waals surface area contributed by atoms with Gasteiger partial charge in [0.1, 0.15) is 23.0 Å². The Morgan fingerprint density at radius 2 is 0.568 bits per heavy atom.